The van der Waals surface area contributed by atoms with E-state index in [-0.39, 0.29) is 0 Å². The summed E-state index contributed by atoms with van der Waals surface area (Å²) in [5.41, 5.74) is 0. The summed E-state index contributed by atoms with van der Waals surface area (Å²) in [6, 6.07) is 4.58. The van der Waals surface area contributed by atoms with Gasteiger partial charge in [0, 0.05) is 0 Å². The van der Waals surface area contributed by atoms with Gasteiger partial charge >= 0.3 is 0 Å². The predicted molar refractivity (Wildman–Crippen MR) is 22.3 cm³/mol. The second-order valence-electron chi connectivity index (χ2n) is 1.12. The van der Waals surface area contributed by atoms with E-state index in [0.29, 0.717) is 0 Å². The minimum Gasteiger partial charge on any atom is -0.573 e. The molecule has 1 aromatic rings. The molecule has 0 aliphatic carbocycles. The molecule has 0 fully saturated rings. The number of aryl methyl sites for hydroxylation is 1. The lowest BCUT2D eigenvalue weighted by atomic mass is 10.5. The average molecular weight is 81.1 g/mol. The van der Waals surface area contributed by atoms with Crippen molar-refractivity contribution < 1.29 is 4.42 Å². The molecule has 1 heterocycles. The Labute approximate surface area is 36.6 Å². The van der Waals surface area contributed by atoms with Crippen molar-refractivity contribution in [2.24, 2.45) is 0 Å². The van der Waals surface area contributed by atoms with Crippen LogP contribution < -0.4 is 0 Å². The molecule has 0 spiro atoms. The summed E-state index contributed by atoms with van der Waals surface area (Å²) < 4.78 is 4.78. The van der Waals surface area contributed by atoms with E-state index >= 15 is 0 Å². The molecule has 0 N–H and O–H groups in total. The quantitative estimate of drug-likeness (QED) is 0.430. The highest BCUT2D eigenvalue weighted by molar-refractivity contribution is 4.90. The Kier molecular flexibility index (Phi) is 0.675. The van der Waals surface area contributed by atoms with Gasteiger partial charge in [-0.15, -0.1) is 0 Å². The third kappa shape index (κ3) is 0.432. The second-order valence-corrected chi connectivity index (χ2v) is 1.12. The highest BCUT2D eigenvalue weighted by atomic mass is 16.3. The van der Waals surface area contributed by atoms with Crippen LogP contribution in [0.25, 0.3) is 0 Å². The Morgan fingerprint density at radius 3 is 2.83 bits per heavy atom. The average Bonchev–Trinajstić information content (AvgIpc) is 1.86. The molecule has 1 nitrogen and oxygen atoms in total. The normalized spacial score (nSPS) is 8.83. The maximum atomic E-state index is 4.78. The lowest BCUT2D eigenvalue weighted by Gasteiger charge is -1.80. The third-order valence-electron chi connectivity index (χ3n) is 0.599. The molecule has 1 heteroatoms. The summed E-state index contributed by atoms with van der Waals surface area (Å²) in [4.78, 5) is 0. The van der Waals surface area contributed by atoms with Crippen molar-refractivity contribution in [2.45, 2.75) is 6.92 Å². The Hall–Kier alpha value is -0.720. The van der Waals surface area contributed by atoms with Crippen molar-refractivity contribution in [1.29, 1.82) is 0 Å². The van der Waals surface area contributed by atoms with Crippen molar-refractivity contribution >= 4 is 0 Å². The van der Waals surface area contributed by atoms with Gasteiger partial charge in [-0.3, -0.25) is 0 Å². The monoisotopic (exact) mass is 81.0 g/mol. The fourth-order valence-electron chi connectivity index (χ4n) is 0.321. The van der Waals surface area contributed by atoms with Crippen LogP contribution in [0.1, 0.15) is 5.76 Å². The number of furan rings is 1. The maximum absolute atomic E-state index is 4.78. The molecule has 0 saturated heterocycles. The van der Waals surface area contributed by atoms with Gasteiger partial charge in [-0.1, -0.05) is 6.26 Å². The predicted octanol–water partition coefficient (Wildman–Crippen LogP) is 1.39. The van der Waals surface area contributed by atoms with E-state index in [1.165, 1.54) is 0 Å². The first-order chi connectivity index (χ1) is 2.89. The highest BCUT2D eigenvalue weighted by Crippen LogP contribution is 1.92. The fraction of sp³-hybridized carbons (Fsp3) is 0.200. The maximum Gasteiger partial charge on any atom is -0.0148 e. The van der Waals surface area contributed by atoms with Gasteiger partial charge in [-0.2, -0.15) is 6.07 Å². The number of rotatable bonds is 0. The molecule has 0 aliphatic heterocycles. The molecule has 6 heavy (non-hydrogen) atoms. The molecule has 0 atom stereocenters. The molecular weight excluding hydrogens is 76.1 g/mol. The zero-order valence-electron chi connectivity index (χ0n) is 3.56. The van der Waals surface area contributed by atoms with E-state index in [9.17, 15) is 0 Å². The smallest absolute Gasteiger partial charge is 0.0148 e. The summed E-state index contributed by atoms with van der Waals surface area (Å²) >= 11 is 0. The molecular formula is C5H5O-. The zero-order valence-corrected chi connectivity index (χ0v) is 3.56. The van der Waals surface area contributed by atoms with Gasteiger partial charge in [0.2, 0.25) is 0 Å². The van der Waals surface area contributed by atoms with Gasteiger partial charge in [-0.25, -0.2) is 6.07 Å². The van der Waals surface area contributed by atoms with Crippen LogP contribution >= 0.6 is 0 Å². The molecule has 0 unspecified atom stereocenters. The lowest BCUT2D eigenvalue weighted by Crippen LogP contribution is -1.49. The number of hydrogen-bond donors (Lipinski definition) is 0. The van der Waals surface area contributed by atoms with Crippen molar-refractivity contribution in [1.82, 2.24) is 0 Å². The molecule has 32 valence electrons. The topological polar surface area (TPSA) is 13.1 Å². The standard InChI is InChI=1S/C5H5O/c1-5-3-2-4-6-5/h2,4H,1H3/q-1. The van der Waals surface area contributed by atoms with E-state index in [0.717, 1.165) is 5.76 Å². The first kappa shape index (κ1) is 3.47. The van der Waals surface area contributed by atoms with E-state index in [1.807, 2.05) is 6.92 Å². The van der Waals surface area contributed by atoms with Crippen LogP contribution in [0.2, 0.25) is 0 Å². The van der Waals surface area contributed by atoms with Crippen LogP contribution in [0.5, 0.6) is 0 Å². The largest absolute Gasteiger partial charge is 0.573 e. The minimum absolute atomic E-state index is 0.843. The second kappa shape index (κ2) is 1.17. The third-order valence-corrected chi connectivity index (χ3v) is 0.599. The van der Waals surface area contributed by atoms with Crippen LogP contribution in [0.3, 0.4) is 0 Å². The van der Waals surface area contributed by atoms with Crippen molar-refractivity contribution in [3.05, 3.63) is 24.2 Å². The van der Waals surface area contributed by atoms with Crippen LogP contribution in [0, 0.1) is 13.0 Å². The summed E-state index contributed by atoms with van der Waals surface area (Å²) in [5, 5.41) is 0. The van der Waals surface area contributed by atoms with Crippen molar-refractivity contribution in [2.75, 3.05) is 0 Å². The summed E-state index contributed by atoms with van der Waals surface area (Å²) in [6.07, 6.45) is 1.61. The SMILES string of the molecule is Cc1[c-]cco1. The van der Waals surface area contributed by atoms with Crippen molar-refractivity contribution in [3.8, 4) is 0 Å². The van der Waals surface area contributed by atoms with Crippen LogP contribution in [-0.2, 0) is 0 Å². The van der Waals surface area contributed by atoms with Crippen molar-refractivity contribution in [3.63, 3.8) is 0 Å². The summed E-state index contributed by atoms with van der Waals surface area (Å²) in [7, 11) is 0. The Morgan fingerprint density at radius 2 is 2.67 bits per heavy atom. The molecule has 0 aromatic carbocycles. The Bertz CT molecular complexity index is 107. The van der Waals surface area contributed by atoms with Crippen LogP contribution in [0.15, 0.2) is 16.7 Å². The number of hydrogen-bond acceptors (Lipinski definition) is 1. The van der Waals surface area contributed by atoms with Gasteiger partial charge in [-0.05, 0) is 12.7 Å². The molecule has 0 saturated carbocycles. The van der Waals surface area contributed by atoms with Gasteiger partial charge < -0.3 is 4.42 Å². The Balaban J connectivity index is 3.05. The molecule has 0 aliphatic rings. The van der Waals surface area contributed by atoms with E-state index in [1.54, 1.807) is 12.3 Å². The Morgan fingerprint density at radius 1 is 1.83 bits per heavy atom. The van der Waals surface area contributed by atoms with Gasteiger partial charge in [0.05, 0.1) is 0 Å². The van der Waals surface area contributed by atoms with E-state index < -0.39 is 0 Å². The lowest BCUT2D eigenvalue weighted by molar-refractivity contribution is 0.533. The first-order valence-corrected chi connectivity index (χ1v) is 1.81. The first-order valence-electron chi connectivity index (χ1n) is 1.81. The van der Waals surface area contributed by atoms with Gasteiger partial charge in [0.25, 0.3) is 0 Å². The van der Waals surface area contributed by atoms with Crippen LogP contribution in [-0.4, -0.2) is 0 Å². The van der Waals surface area contributed by atoms with Gasteiger partial charge in [0.1, 0.15) is 0 Å². The van der Waals surface area contributed by atoms with E-state index in [2.05, 4.69) is 6.07 Å². The summed E-state index contributed by atoms with van der Waals surface area (Å²) in [6.45, 7) is 1.86. The molecule has 0 amide bonds. The zero-order chi connectivity index (χ0) is 4.41. The molecule has 0 radical (unpaired) electrons. The molecule has 1 rings (SSSR count). The van der Waals surface area contributed by atoms with Gasteiger partial charge in [0.15, 0.2) is 0 Å². The fourth-order valence-corrected chi connectivity index (χ4v) is 0.321. The van der Waals surface area contributed by atoms with Crippen LogP contribution in [0.4, 0.5) is 0 Å². The molecule has 1 aromatic heterocycles. The molecule has 0 bridgehead atoms. The summed E-state index contributed by atoms with van der Waals surface area (Å²) in [5.74, 6) is 0.843. The minimum atomic E-state index is 0.843. The highest BCUT2D eigenvalue weighted by Gasteiger charge is 1.63. The van der Waals surface area contributed by atoms with E-state index in [4.69, 9.17) is 4.42 Å².